The highest BCUT2D eigenvalue weighted by Crippen LogP contribution is 2.02. The summed E-state index contributed by atoms with van der Waals surface area (Å²) < 4.78 is 0. The first-order valence-electron chi connectivity index (χ1n) is 4.30. The summed E-state index contributed by atoms with van der Waals surface area (Å²) >= 11 is 0. The molecule has 0 aromatic heterocycles. The van der Waals surface area contributed by atoms with E-state index in [1.54, 1.807) is 0 Å². The first-order chi connectivity index (χ1) is 7.02. The Morgan fingerprint density at radius 2 is 1.60 bits per heavy atom. The van der Waals surface area contributed by atoms with Gasteiger partial charge in [-0.2, -0.15) is 0 Å². The van der Waals surface area contributed by atoms with Crippen LogP contribution in [-0.2, 0) is 9.59 Å². The molecule has 2 amide bonds. The average molecular weight is 217 g/mol. The van der Waals surface area contributed by atoms with Crippen molar-refractivity contribution in [1.82, 2.24) is 4.90 Å². The van der Waals surface area contributed by atoms with Crippen LogP contribution >= 0.6 is 0 Å². The van der Waals surface area contributed by atoms with Crippen LogP contribution in [0, 0.1) is 0 Å². The van der Waals surface area contributed by atoms with Crippen molar-refractivity contribution in [2.24, 2.45) is 11.5 Å². The number of carbonyl (C=O) groups excluding carboxylic acids is 2. The number of primary amides is 2. The molecule has 0 atom stereocenters. The number of aliphatic hydroxyl groups is 2. The molecule has 0 aromatic rings. The van der Waals surface area contributed by atoms with E-state index < -0.39 is 11.8 Å². The van der Waals surface area contributed by atoms with E-state index >= 15 is 0 Å². The SMILES string of the molecule is NC(=O)/C=C(/C(N)=O)N(CCO)CCO. The van der Waals surface area contributed by atoms with Gasteiger partial charge in [0.05, 0.1) is 13.2 Å². The second-order valence-electron chi connectivity index (χ2n) is 2.73. The third-order valence-electron chi connectivity index (χ3n) is 1.61. The fraction of sp³-hybridized carbons (Fsp3) is 0.500. The van der Waals surface area contributed by atoms with Crippen LogP contribution in [0.25, 0.3) is 0 Å². The summed E-state index contributed by atoms with van der Waals surface area (Å²) in [6, 6.07) is 0. The van der Waals surface area contributed by atoms with Crippen LogP contribution in [0.2, 0.25) is 0 Å². The molecule has 0 spiro atoms. The quantitative estimate of drug-likeness (QED) is 0.340. The van der Waals surface area contributed by atoms with Crippen LogP contribution in [0.15, 0.2) is 11.8 Å². The van der Waals surface area contributed by atoms with Gasteiger partial charge in [-0.15, -0.1) is 0 Å². The molecule has 86 valence electrons. The summed E-state index contributed by atoms with van der Waals surface area (Å²) in [5, 5.41) is 17.4. The number of aliphatic hydroxyl groups excluding tert-OH is 2. The standard InChI is InChI=1S/C8H15N3O4/c9-7(14)5-6(8(10)15)11(1-3-12)2-4-13/h5,12-13H,1-4H2,(H2,9,14)(H2,10,15)/b6-5-. The molecule has 0 saturated heterocycles. The lowest BCUT2D eigenvalue weighted by Gasteiger charge is -2.23. The lowest BCUT2D eigenvalue weighted by Crippen LogP contribution is -2.36. The third kappa shape index (κ3) is 4.99. The van der Waals surface area contributed by atoms with Gasteiger partial charge in [0.2, 0.25) is 5.91 Å². The van der Waals surface area contributed by atoms with E-state index in [0.717, 1.165) is 6.08 Å². The average Bonchev–Trinajstić information content (AvgIpc) is 2.13. The van der Waals surface area contributed by atoms with Crippen LogP contribution in [0.5, 0.6) is 0 Å². The first kappa shape index (κ1) is 13.4. The summed E-state index contributed by atoms with van der Waals surface area (Å²) in [5.41, 5.74) is 9.79. The van der Waals surface area contributed by atoms with Gasteiger partial charge in [-0.05, 0) is 0 Å². The predicted molar refractivity (Wildman–Crippen MR) is 52.2 cm³/mol. The Hall–Kier alpha value is -1.60. The highest BCUT2D eigenvalue weighted by Gasteiger charge is 2.14. The molecular weight excluding hydrogens is 202 g/mol. The van der Waals surface area contributed by atoms with Gasteiger partial charge in [-0.3, -0.25) is 9.59 Å². The summed E-state index contributed by atoms with van der Waals surface area (Å²) in [6.07, 6.45) is 0.869. The molecule has 7 heteroatoms. The number of nitrogens with zero attached hydrogens (tertiary/aromatic N) is 1. The van der Waals surface area contributed by atoms with Gasteiger partial charge in [0.1, 0.15) is 5.70 Å². The van der Waals surface area contributed by atoms with E-state index in [9.17, 15) is 9.59 Å². The Kier molecular flexibility index (Phi) is 6.07. The Balaban J connectivity index is 4.82. The molecule has 6 N–H and O–H groups in total. The third-order valence-corrected chi connectivity index (χ3v) is 1.61. The number of hydrogen-bond donors (Lipinski definition) is 4. The van der Waals surface area contributed by atoms with Gasteiger partial charge in [0.15, 0.2) is 0 Å². The Labute approximate surface area is 87.0 Å². The highest BCUT2D eigenvalue weighted by molar-refractivity contribution is 5.99. The fourth-order valence-corrected chi connectivity index (χ4v) is 1.05. The number of amides is 2. The Morgan fingerprint density at radius 3 is 1.87 bits per heavy atom. The minimum Gasteiger partial charge on any atom is -0.395 e. The smallest absolute Gasteiger partial charge is 0.265 e. The molecule has 0 aromatic carbocycles. The number of rotatable bonds is 7. The number of carbonyl (C=O) groups is 2. The van der Waals surface area contributed by atoms with E-state index in [1.165, 1.54) is 4.90 Å². The van der Waals surface area contributed by atoms with E-state index in [4.69, 9.17) is 21.7 Å². The van der Waals surface area contributed by atoms with Crippen LogP contribution in [-0.4, -0.2) is 53.2 Å². The van der Waals surface area contributed by atoms with Crippen molar-refractivity contribution < 1.29 is 19.8 Å². The molecule has 0 aliphatic carbocycles. The maximum absolute atomic E-state index is 11.0. The van der Waals surface area contributed by atoms with Gasteiger partial charge in [-0.1, -0.05) is 0 Å². The summed E-state index contributed by atoms with van der Waals surface area (Å²) in [4.78, 5) is 22.9. The Morgan fingerprint density at radius 1 is 1.13 bits per heavy atom. The maximum Gasteiger partial charge on any atom is 0.265 e. The molecule has 0 heterocycles. The zero-order chi connectivity index (χ0) is 11.8. The molecule has 0 saturated carbocycles. The molecule has 7 nitrogen and oxygen atoms in total. The van der Waals surface area contributed by atoms with Crippen molar-refractivity contribution in [2.45, 2.75) is 0 Å². The molecule has 0 bridgehead atoms. The van der Waals surface area contributed by atoms with Crippen molar-refractivity contribution >= 4 is 11.8 Å². The van der Waals surface area contributed by atoms with E-state index in [-0.39, 0.29) is 32.0 Å². The normalized spacial score (nSPS) is 11.2. The van der Waals surface area contributed by atoms with Crippen molar-refractivity contribution in [3.05, 3.63) is 11.8 Å². The van der Waals surface area contributed by atoms with Gasteiger partial charge in [0, 0.05) is 19.2 Å². The predicted octanol–water partition coefficient (Wildman–Crippen LogP) is -2.87. The van der Waals surface area contributed by atoms with Crippen molar-refractivity contribution in [2.75, 3.05) is 26.3 Å². The molecule has 0 aliphatic heterocycles. The largest absolute Gasteiger partial charge is 0.395 e. The minimum absolute atomic E-state index is 0.0859. The minimum atomic E-state index is -0.837. The summed E-state index contributed by atoms with van der Waals surface area (Å²) in [7, 11) is 0. The molecule has 0 radical (unpaired) electrons. The van der Waals surface area contributed by atoms with Crippen LogP contribution in [0.4, 0.5) is 0 Å². The number of nitrogens with two attached hydrogens (primary N) is 2. The van der Waals surface area contributed by atoms with Crippen LogP contribution in [0.3, 0.4) is 0 Å². The molecule has 0 unspecified atom stereocenters. The highest BCUT2D eigenvalue weighted by atomic mass is 16.3. The molecule has 0 rings (SSSR count). The Bertz CT molecular complexity index is 259. The first-order valence-corrected chi connectivity index (χ1v) is 4.30. The van der Waals surface area contributed by atoms with E-state index in [0.29, 0.717) is 0 Å². The van der Waals surface area contributed by atoms with Gasteiger partial charge in [0.25, 0.3) is 5.91 Å². The molecule has 15 heavy (non-hydrogen) atoms. The second-order valence-corrected chi connectivity index (χ2v) is 2.73. The topological polar surface area (TPSA) is 130 Å². The zero-order valence-corrected chi connectivity index (χ0v) is 8.22. The lowest BCUT2D eigenvalue weighted by atomic mass is 10.3. The van der Waals surface area contributed by atoms with E-state index in [1.807, 2.05) is 0 Å². The summed E-state index contributed by atoms with van der Waals surface area (Å²) in [5.74, 6) is -1.65. The fourth-order valence-electron chi connectivity index (χ4n) is 1.05. The molecule has 0 fully saturated rings. The van der Waals surface area contributed by atoms with Gasteiger partial charge in [-0.25, -0.2) is 0 Å². The van der Waals surface area contributed by atoms with Crippen LogP contribution in [0.1, 0.15) is 0 Å². The lowest BCUT2D eigenvalue weighted by molar-refractivity contribution is -0.117. The van der Waals surface area contributed by atoms with E-state index in [2.05, 4.69) is 0 Å². The van der Waals surface area contributed by atoms with Crippen molar-refractivity contribution in [3.8, 4) is 0 Å². The molecule has 0 aliphatic rings. The second kappa shape index (κ2) is 6.80. The van der Waals surface area contributed by atoms with Gasteiger partial charge < -0.3 is 26.6 Å². The maximum atomic E-state index is 11.0. The number of hydrogen-bond acceptors (Lipinski definition) is 5. The van der Waals surface area contributed by atoms with Crippen LogP contribution < -0.4 is 11.5 Å². The summed E-state index contributed by atoms with van der Waals surface area (Å²) in [6.45, 7) is -0.294. The zero-order valence-electron chi connectivity index (χ0n) is 8.22. The monoisotopic (exact) mass is 217 g/mol. The van der Waals surface area contributed by atoms with Crippen molar-refractivity contribution in [1.29, 1.82) is 0 Å². The van der Waals surface area contributed by atoms with Gasteiger partial charge >= 0.3 is 0 Å². The molecular formula is C8H15N3O4. The van der Waals surface area contributed by atoms with Crippen molar-refractivity contribution in [3.63, 3.8) is 0 Å².